The summed E-state index contributed by atoms with van der Waals surface area (Å²) in [4.78, 5) is 17.6. The van der Waals surface area contributed by atoms with Crippen molar-refractivity contribution in [3.05, 3.63) is 59.3 Å². The molecule has 4 aromatic rings. The van der Waals surface area contributed by atoms with Gasteiger partial charge in [-0.1, -0.05) is 29.5 Å². The van der Waals surface area contributed by atoms with Crippen molar-refractivity contribution < 1.29 is 14.3 Å². The third-order valence-corrected chi connectivity index (χ3v) is 6.59. The Labute approximate surface area is 196 Å². The monoisotopic (exact) mass is 462 g/mol. The van der Waals surface area contributed by atoms with Crippen molar-refractivity contribution in [3.8, 4) is 16.6 Å². The molecule has 0 spiro atoms. The van der Waals surface area contributed by atoms with E-state index in [0.717, 1.165) is 38.5 Å². The predicted octanol–water partition coefficient (Wildman–Crippen LogP) is 5.45. The van der Waals surface area contributed by atoms with Gasteiger partial charge in [0.25, 0.3) is 0 Å². The predicted molar refractivity (Wildman–Crippen MR) is 130 cm³/mol. The van der Waals surface area contributed by atoms with Crippen LogP contribution in [-0.4, -0.2) is 33.4 Å². The van der Waals surface area contributed by atoms with Gasteiger partial charge < -0.3 is 14.8 Å². The van der Waals surface area contributed by atoms with Crippen LogP contribution in [0.5, 0.6) is 11.5 Å². The molecule has 2 aromatic heterocycles. The number of aromatic nitrogens is 3. The summed E-state index contributed by atoms with van der Waals surface area (Å²) in [6, 6.07) is 13.8. The zero-order valence-corrected chi connectivity index (χ0v) is 19.9. The molecule has 33 heavy (non-hydrogen) atoms. The number of fused-ring (bicyclic) bond motifs is 2. The molecule has 0 saturated heterocycles. The molecular weight excluding hydrogens is 436 g/mol. The summed E-state index contributed by atoms with van der Waals surface area (Å²) >= 11 is 1.52. The van der Waals surface area contributed by atoms with Gasteiger partial charge in [-0.05, 0) is 52.0 Å². The minimum absolute atomic E-state index is 0.0381. The van der Waals surface area contributed by atoms with Crippen molar-refractivity contribution in [2.24, 2.45) is 0 Å². The van der Waals surface area contributed by atoms with E-state index in [0.29, 0.717) is 24.0 Å². The van der Waals surface area contributed by atoms with Gasteiger partial charge in [-0.15, -0.1) is 0 Å². The van der Waals surface area contributed by atoms with Crippen LogP contribution in [0.25, 0.3) is 15.3 Å². The van der Waals surface area contributed by atoms with Gasteiger partial charge in [0, 0.05) is 23.5 Å². The molecule has 1 amide bonds. The molecule has 1 aliphatic rings. The van der Waals surface area contributed by atoms with E-state index in [1.807, 2.05) is 70.2 Å². The summed E-state index contributed by atoms with van der Waals surface area (Å²) in [6.07, 6.45) is 0.381. The fourth-order valence-electron chi connectivity index (χ4n) is 4.32. The minimum Gasteiger partial charge on any atom is -0.494 e. The van der Waals surface area contributed by atoms with Crippen LogP contribution in [0.2, 0.25) is 0 Å². The molecule has 5 rings (SSSR count). The standard InChI is InChI=1S/C25H26N4O3S/c1-5-31-16-10-11-19-21(12-16)33-25(26-19)29-24-23(15(4)28-29)18(13-22(30)27-24)17-8-6-7-9-20(17)32-14(2)3/h6-12,14,18H,5,13H2,1-4H3,(H,27,30)/t18-/m1/s1. The maximum atomic E-state index is 12.8. The molecule has 1 aliphatic heterocycles. The third kappa shape index (κ3) is 3.95. The second-order valence-electron chi connectivity index (χ2n) is 8.33. The number of anilines is 1. The maximum Gasteiger partial charge on any atom is 0.226 e. The first-order valence-corrected chi connectivity index (χ1v) is 11.9. The first-order valence-electron chi connectivity index (χ1n) is 11.1. The van der Waals surface area contributed by atoms with Crippen molar-refractivity contribution in [1.29, 1.82) is 0 Å². The Morgan fingerprint density at radius 1 is 1.24 bits per heavy atom. The van der Waals surface area contributed by atoms with E-state index in [2.05, 4.69) is 5.32 Å². The van der Waals surface area contributed by atoms with Crippen LogP contribution in [0, 0.1) is 6.92 Å². The lowest BCUT2D eigenvalue weighted by atomic mass is 9.85. The largest absolute Gasteiger partial charge is 0.494 e. The van der Waals surface area contributed by atoms with Crippen LogP contribution < -0.4 is 14.8 Å². The van der Waals surface area contributed by atoms with Gasteiger partial charge in [-0.3, -0.25) is 4.79 Å². The SMILES string of the molecule is CCOc1ccc2nc(-n3nc(C)c4c3NC(=O)C[C@@H]4c3ccccc3OC(C)C)sc2c1. The molecule has 0 saturated carbocycles. The summed E-state index contributed by atoms with van der Waals surface area (Å²) in [5.74, 6) is 2.10. The smallest absolute Gasteiger partial charge is 0.226 e. The molecular formula is C25H26N4O3S. The number of nitrogens with zero attached hydrogens (tertiary/aromatic N) is 3. The average Bonchev–Trinajstić information content (AvgIpc) is 3.34. The number of hydrogen-bond donors (Lipinski definition) is 1. The number of thiazole rings is 1. The van der Waals surface area contributed by atoms with Crippen molar-refractivity contribution >= 4 is 33.3 Å². The van der Waals surface area contributed by atoms with E-state index in [4.69, 9.17) is 19.6 Å². The summed E-state index contributed by atoms with van der Waals surface area (Å²) in [6.45, 7) is 8.56. The summed E-state index contributed by atoms with van der Waals surface area (Å²) in [7, 11) is 0. The molecule has 0 aliphatic carbocycles. The Hall–Kier alpha value is -3.39. The fraction of sp³-hybridized carbons (Fsp3) is 0.320. The van der Waals surface area contributed by atoms with E-state index in [9.17, 15) is 4.79 Å². The molecule has 2 aromatic carbocycles. The molecule has 0 bridgehead atoms. The number of benzene rings is 2. The Morgan fingerprint density at radius 3 is 2.85 bits per heavy atom. The summed E-state index contributed by atoms with van der Waals surface area (Å²) in [5.41, 5.74) is 3.73. The molecule has 0 fully saturated rings. The first kappa shape index (κ1) is 21.5. The lowest BCUT2D eigenvalue weighted by Crippen LogP contribution is -2.25. The Morgan fingerprint density at radius 2 is 2.06 bits per heavy atom. The molecule has 0 radical (unpaired) electrons. The Kier molecular flexibility index (Phi) is 5.54. The normalized spacial score (nSPS) is 15.5. The molecule has 3 heterocycles. The van der Waals surface area contributed by atoms with Gasteiger partial charge in [0.1, 0.15) is 17.3 Å². The van der Waals surface area contributed by atoms with Gasteiger partial charge in [0.15, 0.2) is 0 Å². The highest BCUT2D eigenvalue weighted by Crippen LogP contribution is 2.44. The molecule has 8 heteroatoms. The number of para-hydroxylation sites is 1. The van der Waals surface area contributed by atoms with Crippen molar-refractivity contribution in [2.45, 2.75) is 46.1 Å². The highest BCUT2D eigenvalue weighted by molar-refractivity contribution is 7.20. The van der Waals surface area contributed by atoms with Crippen molar-refractivity contribution in [2.75, 3.05) is 11.9 Å². The molecule has 1 atom stereocenters. The summed E-state index contributed by atoms with van der Waals surface area (Å²) in [5, 5.41) is 8.55. The van der Waals surface area contributed by atoms with Crippen LogP contribution in [0.3, 0.4) is 0 Å². The lowest BCUT2D eigenvalue weighted by Gasteiger charge is -2.26. The topological polar surface area (TPSA) is 78.3 Å². The van der Waals surface area contributed by atoms with Crippen molar-refractivity contribution in [1.82, 2.24) is 14.8 Å². The molecule has 0 unspecified atom stereocenters. The molecule has 170 valence electrons. The van der Waals surface area contributed by atoms with Crippen LogP contribution in [0.15, 0.2) is 42.5 Å². The maximum absolute atomic E-state index is 12.8. The lowest BCUT2D eigenvalue weighted by molar-refractivity contribution is -0.116. The number of aryl methyl sites for hydroxylation is 1. The van der Waals surface area contributed by atoms with E-state index in [1.54, 1.807) is 4.68 Å². The molecule has 1 N–H and O–H groups in total. The van der Waals surface area contributed by atoms with E-state index < -0.39 is 0 Å². The van der Waals surface area contributed by atoms with Crippen LogP contribution in [-0.2, 0) is 4.79 Å². The van der Waals surface area contributed by atoms with E-state index in [-0.39, 0.29) is 17.9 Å². The number of rotatable bonds is 6. The van der Waals surface area contributed by atoms with Gasteiger partial charge in [0.05, 0.1) is 28.6 Å². The van der Waals surface area contributed by atoms with Gasteiger partial charge >= 0.3 is 0 Å². The number of ether oxygens (including phenoxy) is 2. The average molecular weight is 463 g/mol. The number of carbonyl (C=O) groups is 1. The van der Waals surface area contributed by atoms with E-state index >= 15 is 0 Å². The van der Waals surface area contributed by atoms with Crippen LogP contribution >= 0.6 is 11.3 Å². The van der Waals surface area contributed by atoms with Gasteiger partial charge in [-0.2, -0.15) is 9.78 Å². The Bertz CT molecular complexity index is 1340. The van der Waals surface area contributed by atoms with Crippen LogP contribution in [0.1, 0.15) is 49.9 Å². The quantitative estimate of drug-likeness (QED) is 0.412. The number of nitrogens with one attached hydrogen (secondary N) is 1. The fourth-order valence-corrected chi connectivity index (χ4v) is 5.27. The molecule has 7 nitrogen and oxygen atoms in total. The zero-order valence-electron chi connectivity index (χ0n) is 19.1. The second-order valence-corrected chi connectivity index (χ2v) is 9.34. The van der Waals surface area contributed by atoms with Gasteiger partial charge in [-0.25, -0.2) is 4.98 Å². The summed E-state index contributed by atoms with van der Waals surface area (Å²) < 4.78 is 14.5. The third-order valence-electron chi connectivity index (χ3n) is 5.60. The minimum atomic E-state index is -0.142. The zero-order chi connectivity index (χ0) is 23.1. The van der Waals surface area contributed by atoms with Crippen molar-refractivity contribution in [3.63, 3.8) is 0 Å². The first-order chi connectivity index (χ1) is 15.9. The highest BCUT2D eigenvalue weighted by Gasteiger charge is 2.34. The number of amides is 1. The highest BCUT2D eigenvalue weighted by atomic mass is 32.1. The van der Waals surface area contributed by atoms with Gasteiger partial charge in [0.2, 0.25) is 11.0 Å². The van der Waals surface area contributed by atoms with E-state index in [1.165, 1.54) is 11.3 Å². The Balaban J connectivity index is 1.61. The van der Waals surface area contributed by atoms with Crippen LogP contribution in [0.4, 0.5) is 5.82 Å². The second kappa shape index (κ2) is 8.51. The number of hydrogen-bond acceptors (Lipinski definition) is 6. The number of carbonyl (C=O) groups excluding carboxylic acids is 1.